The number of aromatic nitrogens is 1. The number of anilines is 1. The maximum atomic E-state index is 13.2. The lowest BCUT2D eigenvalue weighted by atomic mass is 10.0. The van der Waals surface area contributed by atoms with Crippen molar-refractivity contribution in [3.05, 3.63) is 112 Å². The minimum absolute atomic E-state index is 0.0650. The van der Waals surface area contributed by atoms with Gasteiger partial charge >= 0.3 is 12.4 Å². The number of halogens is 7. The molecular weight excluding hydrogens is 532 g/mol. The molecule has 3 rings (SSSR count). The molecule has 0 amide bonds. The van der Waals surface area contributed by atoms with Gasteiger partial charge in [0.25, 0.3) is 0 Å². The standard InChI is InChI=1S/C27H22ClF6N3O/c1-17(12-18-6-8-23(28)22(13-18)26(29,30)31)36-24-5-3-4-20(16-38)21(24)10-11-37(2)15-19-7-9-25(35-14-19)27(32,33)34/h3-11,13-14,16,36H,1,12,15H2,2H3/b11-10-. The zero-order valence-electron chi connectivity index (χ0n) is 20.0. The van der Waals surface area contributed by atoms with Crippen molar-refractivity contribution in [3.63, 3.8) is 0 Å². The van der Waals surface area contributed by atoms with Crippen LogP contribution in [-0.2, 0) is 25.3 Å². The van der Waals surface area contributed by atoms with Crippen LogP contribution in [0.3, 0.4) is 0 Å². The molecule has 0 spiro atoms. The van der Waals surface area contributed by atoms with Crippen LogP contribution in [0.2, 0.25) is 5.02 Å². The van der Waals surface area contributed by atoms with Gasteiger partial charge in [-0.25, -0.2) is 0 Å². The Morgan fingerprint density at radius 1 is 1.05 bits per heavy atom. The fourth-order valence-electron chi connectivity index (χ4n) is 3.59. The van der Waals surface area contributed by atoms with Crippen LogP contribution in [-0.4, -0.2) is 23.2 Å². The third kappa shape index (κ3) is 7.61. The van der Waals surface area contributed by atoms with Crippen LogP contribution in [0.15, 0.2) is 73.2 Å². The second kappa shape index (κ2) is 11.7. The topological polar surface area (TPSA) is 45.2 Å². The summed E-state index contributed by atoms with van der Waals surface area (Å²) in [7, 11) is 1.70. The second-order valence-corrected chi connectivity index (χ2v) is 8.83. The Bertz CT molecular complexity index is 1330. The Balaban J connectivity index is 1.75. The first-order valence-electron chi connectivity index (χ1n) is 11.1. The van der Waals surface area contributed by atoms with Gasteiger partial charge in [0.15, 0.2) is 6.29 Å². The van der Waals surface area contributed by atoms with E-state index in [9.17, 15) is 31.1 Å². The van der Waals surface area contributed by atoms with Crippen LogP contribution in [0.1, 0.15) is 38.3 Å². The van der Waals surface area contributed by atoms with Crippen molar-refractivity contribution >= 4 is 29.7 Å². The largest absolute Gasteiger partial charge is 0.433 e. The van der Waals surface area contributed by atoms with Crippen molar-refractivity contribution in [3.8, 4) is 0 Å². The summed E-state index contributed by atoms with van der Waals surface area (Å²) in [6.45, 7) is 4.14. The fraction of sp³-hybridized carbons (Fsp3) is 0.185. The number of hydrogen-bond donors (Lipinski definition) is 1. The van der Waals surface area contributed by atoms with E-state index in [2.05, 4.69) is 16.9 Å². The quantitative estimate of drug-likeness (QED) is 0.216. The highest BCUT2D eigenvalue weighted by Crippen LogP contribution is 2.35. The Labute approximate surface area is 220 Å². The molecule has 2 aromatic carbocycles. The first-order valence-corrected chi connectivity index (χ1v) is 11.4. The van der Waals surface area contributed by atoms with Crippen LogP contribution in [0.5, 0.6) is 0 Å². The molecule has 0 atom stereocenters. The fourth-order valence-corrected chi connectivity index (χ4v) is 3.81. The highest BCUT2D eigenvalue weighted by Gasteiger charge is 2.33. The minimum atomic E-state index is -4.60. The molecule has 0 aliphatic rings. The van der Waals surface area contributed by atoms with Gasteiger partial charge in [0.05, 0.1) is 10.6 Å². The molecule has 4 nitrogen and oxygen atoms in total. The highest BCUT2D eigenvalue weighted by molar-refractivity contribution is 6.31. The Morgan fingerprint density at radius 2 is 1.76 bits per heavy atom. The van der Waals surface area contributed by atoms with Crippen molar-refractivity contribution in [2.75, 3.05) is 12.4 Å². The van der Waals surface area contributed by atoms with E-state index in [1.165, 1.54) is 18.2 Å². The summed E-state index contributed by atoms with van der Waals surface area (Å²) >= 11 is 5.69. The van der Waals surface area contributed by atoms with Gasteiger partial charge in [-0.2, -0.15) is 26.3 Å². The number of carbonyl (C=O) groups is 1. The van der Waals surface area contributed by atoms with Crippen LogP contribution in [0, 0.1) is 0 Å². The molecule has 0 aliphatic carbocycles. The molecule has 0 saturated heterocycles. The number of carbonyl (C=O) groups excluding carboxylic acids is 1. The summed E-state index contributed by atoms with van der Waals surface area (Å²) in [5.74, 6) is 0. The summed E-state index contributed by atoms with van der Waals surface area (Å²) < 4.78 is 77.7. The van der Waals surface area contributed by atoms with Gasteiger partial charge in [-0.3, -0.25) is 9.78 Å². The van der Waals surface area contributed by atoms with E-state index in [0.29, 0.717) is 39.9 Å². The van der Waals surface area contributed by atoms with E-state index < -0.39 is 28.6 Å². The van der Waals surface area contributed by atoms with Gasteiger partial charge in [-0.1, -0.05) is 42.4 Å². The van der Waals surface area contributed by atoms with E-state index in [1.54, 1.807) is 42.4 Å². The summed E-state index contributed by atoms with van der Waals surface area (Å²) in [5, 5.41) is 2.65. The molecule has 200 valence electrons. The molecule has 3 aromatic rings. The highest BCUT2D eigenvalue weighted by atomic mass is 35.5. The van der Waals surface area contributed by atoms with E-state index in [0.717, 1.165) is 18.3 Å². The second-order valence-electron chi connectivity index (χ2n) is 8.42. The average Bonchev–Trinajstić information content (AvgIpc) is 2.83. The van der Waals surface area contributed by atoms with Gasteiger partial charge < -0.3 is 10.2 Å². The Kier molecular flexibility index (Phi) is 8.88. The number of benzene rings is 2. The number of hydrogen-bond acceptors (Lipinski definition) is 4. The molecule has 1 N–H and O–H groups in total. The van der Waals surface area contributed by atoms with Gasteiger partial charge in [0.2, 0.25) is 0 Å². The molecule has 0 unspecified atom stereocenters. The molecule has 0 bridgehead atoms. The zero-order chi connectivity index (χ0) is 28.1. The lowest BCUT2D eigenvalue weighted by Crippen LogP contribution is -2.12. The lowest BCUT2D eigenvalue weighted by Gasteiger charge is -2.17. The lowest BCUT2D eigenvalue weighted by molar-refractivity contribution is -0.141. The number of rotatable bonds is 9. The number of allylic oxidation sites excluding steroid dienone is 1. The third-order valence-electron chi connectivity index (χ3n) is 5.37. The number of aldehydes is 1. The predicted molar refractivity (Wildman–Crippen MR) is 134 cm³/mol. The van der Waals surface area contributed by atoms with Gasteiger partial charge in [0, 0.05) is 48.7 Å². The van der Waals surface area contributed by atoms with Crippen molar-refractivity contribution in [2.45, 2.75) is 25.3 Å². The SMILES string of the molecule is C=C(Cc1ccc(Cl)c(C(F)(F)F)c1)Nc1cccc(C=O)c1/C=C\N(C)Cc1ccc(C(F)(F)F)nc1. The number of nitrogens with one attached hydrogen (secondary N) is 1. The Morgan fingerprint density at radius 3 is 2.37 bits per heavy atom. The van der Waals surface area contributed by atoms with E-state index >= 15 is 0 Å². The van der Waals surface area contributed by atoms with Gasteiger partial charge in [-0.05, 0) is 47.7 Å². The summed E-state index contributed by atoms with van der Waals surface area (Å²) in [5.41, 5.74) is 0.663. The van der Waals surface area contributed by atoms with E-state index in [1.807, 2.05) is 0 Å². The first-order chi connectivity index (χ1) is 17.8. The predicted octanol–water partition coefficient (Wildman–Crippen LogP) is 7.86. The van der Waals surface area contributed by atoms with Crippen LogP contribution >= 0.6 is 11.6 Å². The molecule has 0 saturated carbocycles. The maximum absolute atomic E-state index is 13.2. The maximum Gasteiger partial charge on any atom is 0.433 e. The Hall–Kier alpha value is -3.79. The summed E-state index contributed by atoms with van der Waals surface area (Å²) in [6.07, 6.45) is -3.98. The third-order valence-corrected chi connectivity index (χ3v) is 5.70. The monoisotopic (exact) mass is 553 g/mol. The molecule has 0 fully saturated rings. The molecule has 38 heavy (non-hydrogen) atoms. The van der Waals surface area contributed by atoms with Crippen molar-refractivity contribution < 1.29 is 31.1 Å². The number of pyridine rings is 1. The van der Waals surface area contributed by atoms with Crippen LogP contribution in [0.4, 0.5) is 32.0 Å². The van der Waals surface area contributed by atoms with Crippen LogP contribution < -0.4 is 5.32 Å². The normalized spacial score (nSPS) is 12.0. The van der Waals surface area contributed by atoms with Crippen molar-refractivity contribution in [2.24, 2.45) is 0 Å². The molecule has 11 heteroatoms. The zero-order valence-corrected chi connectivity index (χ0v) is 20.8. The molecule has 0 aliphatic heterocycles. The smallest absolute Gasteiger partial charge is 0.376 e. The van der Waals surface area contributed by atoms with Crippen molar-refractivity contribution in [1.82, 2.24) is 9.88 Å². The average molecular weight is 554 g/mol. The van der Waals surface area contributed by atoms with Crippen LogP contribution in [0.25, 0.3) is 6.08 Å². The summed E-state index contributed by atoms with van der Waals surface area (Å²) in [6, 6.07) is 10.8. The first kappa shape index (κ1) is 28.8. The molecule has 0 radical (unpaired) electrons. The summed E-state index contributed by atoms with van der Waals surface area (Å²) in [4.78, 5) is 16.8. The molecule has 1 heterocycles. The van der Waals surface area contributed by atoms with Crippen molar-refractivity contribution in [1.29, 1.82) is 0 Å². The van der Waals surface area contributed by atoms with Gasteiger partial charge in [-0.15, -0.1) is 0 Å². The number of nitrogens with zero attached hydrogens (tertiary/aromatic N) is 2. The van der Waals surface area contributed by atoms with E-state index in [4.69, 9.17) is 11.6 Å². The molecule has 1 aromatic heterocycles. The number of alkyl halides is 6. The van der Waals surface area contributed by atoms with E-state index in [-0.39, 0.29) is 13.0 Å². The molecular formula is C27H22ClF6N3O. The van der Waals surface area contributed by atoms with Gasteiger partial charge in [0.1, 0.15) is 5.69 Å². The minimum Gasteiger partial charge on any atom is -0.376 e.